The van der Waals surface area contributed by atoms with Gasteiger partial charge in [0.25, 0.3) is 0 Å². The second-order valence-corrected chi connectivity index (χ2v) is 7.40. The number of hydrogen-bond acceptors (Lipinski definition) is 3. The van der Waals surface area contributed by atoms with E-state index in [1.54, 1.807) is 12.1 Å². The van der Waals surface area contributed by atoms with Crippen molar-refractivity contribution >= 4 is 5.91 Å². The topological polar surface area (TPSA) is 52.6 Å². The Hall–Kier alpha value is -1.46. The first kappa shape index (κ1) is 18.3. The zero-order chi connectivity index (χ0) is 17.6. The van der Waals surface area contributed by atoms with Crippen LogP contribution in [0.3, 0.4) is 0 Å². The molecule has 1 aromatic rings. The van der Waals surface area contributed by atoms with Crippen molar-refractivity contribution in [3.63, 3.8) is 0 Å². The molecule has 0 spiro atoms. The van der Waals surface area contributed by atoms with E-state index in [4.69, 9.17) is 0 Å². The Morgan fingerprint density at radius 3 is 2.36 bits per heavy atom. The smallest absolute Gasteiger partial charge is 0.223 e. The number of likely N-dealkylation sites (tertiary alicyclic amines) is 1. The van der Waals surface area contributed by atoms with Crippen LogP contribution in [0.15, 0.2) is 24.3 Å². The summed E-state index contributed by atoms with van der Waals surface area (Å²) < 4.78 is 13.0. The van der Waals surface area contributed by atoms with Crippen LogP contribution in [-0.4, -0.2) is 41.7 Å². The van der Waals surface area contributed by atoms with Crippen LogP contribution in [0.4, 0.5) is 4.39 Å². The molecule has 1 aromatic carbocycles. The van der Waals surface area contributed by atoms with Crippen molar-refractivity contribution in [2.75, 3.05) is 19.7 Å². The number of piperidine rings is 1. The number of hydrogen-bond donors (Lipinski definition) is 2. The van der Waals surface area contributed by atoms with E-state index in [-0.39, 0.29) is 24.2 Å². The predicted molar refractivity (Wildman–Crippen MR) is 95.5 cm³/mol. The normalized spacial score (nSPS) is 21.8. The molecule has 0 bridgehead atoms. The number of carbonyl (C=O) groups is 1. The maximum absolute atomic E-state index is 13.0. The Balaban J connectivity index is 1.50. The van der Waals surface area contributed by atoms with Gasteiger partial charge in [0.2, 0.25) is 5.91 Å². The zero-order valence-electron chi connectivity index (χ0n) is 14.8. The quantitative estimate of drug-likeness (QED) is 0.860. The van der Waals surface area contributed by atoms with Crippen molar-refractivity contribution in [2.45, 2.75) is 57.0 Å². The summed E-state index contributed by atoms with van der Waals surface area (Å²) in [6.45, 7) is 1.80. The van der Waals surface area contributed by atoms with Crippen LogP contribution in [0, 0.1) is 11.7 Å². The van der Waals surface area contributed by atoms with E-state index >= 15 is 0 Å². The molecule has 1 amide bonds. The van der Waals surface area contributed by atoms with Crippen molar-refractivity contribution in [1.82, 2.24) is 10.2 Å². The van der Waals surface area contributed by atoms with Crippen molar-refractivity contribution in [2.24, 2.45) is 5.92 Å². The monoisotopic (exact) mass is 348 g/mol. The molecule has 4 nitrogen and oxygen atoms in total. The first-order valence-electron chi connectivity index (χ1n) is 9.58. The lowest BCUT2D eigenvalue weighted by Crippen LogP contribution is -2.46. The molecule has 2 N–H and O–H groups in total. The largest absolute Gasteiger partial charge is 0.394 e. The summed E-state index contributed by atoms with van der Waals surface area (Å²) in [6, 6.07) is 6.18. The van der Waals surface area contributed by atoms with Gasteiger partial charge >= 0.3 is 0 Å². The van der Waals surface area contributed by atoms with E-state index in [9.17, 15) is 14.3 Å². The van der Waals surface area contributed by atoms with Gasteiger partial charge in [-0.2, -0.15) is 0 Å². The van der Waals surface area contributed by atoms with Crippen LogP contribution < -0.4 is 5.32 Å². The number of nitrogens with one attached hydrogen (secondary N) is 1. The minimum Gasteiger partial charge on any atom is -0.394 e. The Labute approximate surface area is 149 Å². The molecule has 1 saturated heterocycles. The highest BCUT2D eigenvalue weighted by Crippen LogP contribution is 2.27. The van der Waals surface area contributed by atoms with Crippen LogP contribution in [0.2, 0.25) is 0 Å². The number of carbonyl (C=O) groups excluding carboxylic acids is 1. The van der Waals surface area contributed by atoms with Gasteiger partial charge in [0, 0.05) is 12.0 Å². The minimum atomic E-state index is -0.468. The number of amides is 1. The van der Waals surface area contributed by atoms with Crippen molar-refractivity contribution in [3.05, 3.63) is 35.6 Å². The minimum absolute atomic E-state index is 0.00618. The average Bonchev–Trinajstić information content (AvgIpc) is 2.67. The standard InChI is InChI=1S/C20H29FN2O2/c21-17-8-6-15(7-9-17)19(14-24)22-20(25)16-10-12-23(13-11-16)18-4-2-1-3-5-18/h6-9,16,18-19,24H,1-5,10-14H2,(H,22,25). The average molecular weight is 348 g/mol. The molecule has 0 radical (unpaired) electrons. The van der Waals surface area contributed by atoms with Gasteiger partial charge in [0.05, 0.1) is 12.6 Å². The number of benzene rings is 1. The summed E-state index contributed by atoms with van der Waals surface area (Å²) in [7, 11) is 0. The van der Waals surface area contributed by atoms with Crippen LogP contribution >= 0.6 is 0 Å². The van der Waals surface area contributed by atoms with Crippen LogP contribution in [0.5, 0.6) is 0 Å². The third-order valence-corrected chi connectivity index (χ3v) is 5.76. The first-order chi connectivity index (χ1) is 12.2. The van der Waals surface area contributed by atoms with Gasteiger partial charge in [-0.15, -0.1) is 0 Å². The molecule has 5 heteroatoms. The van der Waals surface area contributed by atoms with E-state index in [2.05, 4.69) is 10.2 Å². The second kappa shape index (κ2) is 8.77. The van der Waals surface area contributed by atoms with Crippen molar-refractivity contribution in [3.8, 4) is 0 Å². The Morgan fingerprint density at radius 2 is 1.76 bits per heavy atom. The Bertz CT molecular complexity index is 549. The molecule has 138 valence electrons. The summed E-state index contributed by atoms with van der Waals surface area (Å²) in [5.41, 5.74) is 0.733. The fourth-order valence-corrected chi connectivity index (χ4v) is 4.19. The highest BCUT2D eigenvalue weighted by atomic mass is 19.1. The highest BCUT2D eigenvalue weighted by Gasteiger charge is 2.30. The lowest BCUT2D eigenvalue weighted by molar-refractivity contribution is -0.127. The molecule has 1 heterocycles. The number of halogens is 1. The number of aliphatic hydroxyl groups excluding tert-OH is 1. The zero-order valence-corrected chi connectivity index (χ0v) is 14.8. The summed E-state index contributed by atoms with van der Waals surface area (Å²) in [6.07, 6.45) is 8.39. The fourth-order valence-electron chi connectivity index (χ4n) is 4.19. The molecule has 0 aromatic heterocycles. The van der Waals surface area contributed by atoms with Crippen LogP contribution in [0.25, 0.3) is 0 Å². The molecule has 2 aliphatic rings. The van der Waals surface area contributed by atoms with Gasteiger partial charge in [-0.1, -0.05) is 31.4 Å². The van der Waals surface area contributed by atoms with E-state index in [0.717, 1.165) is 31.5 Å². The molecule has 2 fully saturated rings. The number of rotatable bonds is 5. The first-order valence-corrected chi connectivity index (χ1v) is 9.58. The third kappa shape index (κ3) is 4.79. The molecule has 3 rings (SSSR count). The molecule has 25 heavy (non-hydrogen) atoms. The lowest BCUT2D eigenvalue weighted by atomic mass is 9.89. The maximum atomic E-state index is 13.0. The van der Waals surface area contributed by atoms with E-state index in [1.807, 2.05) is 0 Å². The van der Waals surface area contributed by atoms with Crippen LogP contribution in [0.1, 0.15) is 56.6 Å². The van der Waals surface area contributed by atoms with E-state index in [1.165, 1.54) is 44.2 Å². The number of aliphatic hydroxyl groups is 1. The van der Waals surface area contributed by atoms with Gasteiger partial charge in [-0.25, -0.2) is 4.39 Å². The second-order valence-electron chi connectivity index (χ2n) is 7.40. The Kier molecular flexibility index (Phi) is 6.43. The molecule has 1 aliphatic carbocycles. The molecule has 1 aliphatic heterocycles. The summed E-state index contributed by atoms with van der Waals surface area (Å²) >= 11 is 0. The van der Waals surface area contributed by atoms with Gasteiger partial charge < -0.3 is 15.3 Å². The molecule has 1 saturated carbocycles. The van der Waals surface area contributed by atoms with E-state index in [0.29, 0.717) is 6.04 Å². The molecular weight excluding hydrogens is 319 g/mol. The molecular formula is C20H29FN2O2. The lowest BCUT2D eigenvalue weighted by Gasteiger charge is -2.39. The fraction of sp³-hybridized carbons (Fsp3) is 0.650. The predicted octanol–water partition coefficient (Wildman–Crippen LogP) is 3.02. The van der Waals surface area contributed by atoms with E-state index < -0.39 is 6.04 Å². The van der Waals surface area contributed by atoms with Crippen molar-refractivity contribution < 1.29 is 14.3 Å². The van der Waals surface area contributed by atoms with Gasteiger partial charge in [-0.3, -0.25) is 4.79 Å². The van der Waals surface area contributed by atoms with Gasteiger partial charge in [0.1, 0.15) is 5.82 Å². The van der Waals surface area contributed by atoms with Gasteiger partial charge in [-0.05, 0) is 56.5 Å². The molecule has 1 atom stereocenters. The van der Waals surface area contributed by atoms with Gasteiger partial charge in [0.15, 0.2) is 0 Å². The summed E-state index contributed by atoms with van der Waals surface area (Å²) in [5.74, 6) is -0.303. The van der Waals surface area contributed by atoms with Crippen LogP contribution in [-0.2, 0) is 4.79 Å². The third-order valence-electron chi connectivity index (χ3n) is 5.76. The number of nitrogens with zero attached hydrogens (tertiary/aromatic N) is 1. The SMILES string of the molecule is O=C(NC(CO)c1ccc(F)cc1)C1CCN(C2CCCCC2)CC1. The van der Waals surface area contributed by atoms with Crippen molar-refractivity contribution in [1.29, 1.82) is 0 Å². The molecule has 1 unspecified atom stereocenters. The summed E-state index contributed by atoms with van der Waals surface area (Å²) in [4.78, 5) is 15.1. The maximum Gasteiger partial charge on any atom is 0.223 e. The highest BCUT2D eigenvalue weighted by molar-refractivity contribution is 5.79. The summed E-state index contributed by atoms with van der Waals surface area (Å²) in [5, 5.41) is 12.5. The Morgan fingerprint density at radius 1 is 1.12 bits per heavy atom.